The van der Waals surface area contributed by atoms with Crippen LogP contribution in [0.2, 0.25) is 0 Å². The number of halogens is 1. The second kappa shape index (κ2) is 13.4. The molecule has 144 valence electrons. The standard InChI is InChI=1S/C18H28N6O.HI/c1-19-18(21-9-3-12-24-13-4-10-23-24)22-15-16-5-7-17(8-6-16)20-11-14-25-2;/h4-8,10,13,20H,3,9,11-12,14-15H2,1-2H3,(H2,19,21,22);1H. The van der Waals surface area contributed by atoms with Gasteiger partial charge in [0.05, 0.1) is 6.61 Å². The van der Waals surface area contributed by atoms with Crippen LogP contribution in [0.15, 0.2) is 47.7 Å². The Morgan fingerprint density at radius 3 is 2.65 bits per heavy atom. The van der Waals surface area contributed by atoms with Crippen LogP contribution in [0.1, 0.15) is 12.0 Å². The lowest BCUT2D eigenvalue weighted by Gasteiger charge is -2.12. The molecule has 1 heterocycles. The van der Waals surface area contributed by atoms with E-state index in [1.54, 1.807) is 20.4 Å². The maximum absolute atomic E-state index is 5.03. The van der Waals surface area contributed by atoms with Crippen LogP contribution in [0.4, 0.5) is 5.69 Å². The van der Waals surface area contributed by atoms with Gasteiger partial charge in [0.15, 0.2) is 5.96 Å². The average molecular weight is 472 g/mol. The van der Waals surface area contributed by atoms with E-state index in [2.05, 4.69) is 50.3 Å². The highest BCUT2D eigenvalue weighted by Crippen LogP contribution is 2.08. The Labute approximate surface area is 172 Å². The minimum atomic E-state index is 0. The molecule has 0 bridgehead atoms. The van der Waals surface area contributed by atoms with Crippen LogP contribution in [-0.2, 0) is 17.8 Å². The van der Waals surface area contributed by atoms with Gasteiger partial charge in [-0.3, -0.25) is 9.67 Å². The molecule has 0 atom stereocenters. The largest absolute Gasteiger partial charge is 0.383 e. The third-order valence-electron chi connectivity index (χ3n) is 3.69. The molecule has 7 nitrogen and oxygen atoms in total. The van der Waals surface area contributed by atoms with Crippen molar-refractivity contribution in [2.45, 2.75) is 19.5 Å². The number of ether oxygens (including phenoxy) is 1. The van der Waals surface area contributed by atoms with Gasteiger partial charge >= 0.3 is 0 Å². The van der Waals surface area contributed by atoms with Crippen molar-refractivity contribution in [2.75, 3.05) is 39.2 Å². The Kier molecular flexibility index (Phi) is 11.5. The van der Waals surface area contributed by atoms with Crippen LogP contribution >= 0.6 is 24.0 Å². The van der Waals surface area contributed by atoms with Crippen molar-refractivity contribution in [3.63, 3.8) is 0 Å². The summed E-state index contributed by atoms with van der Waals surface area (Å²) in [7, 11) is 3.49. The first-order chi connectivity index (χ1) is 12.3. The van der Waals surface area contributed by atoms with Crippen molar-refractivity contribution < 1.29 is 4.74 Å². The molecule has 0 aliphatic heterocycles. The average Bonchev–Trinajstić information content (AvgIpc) is 3.16. The van der Waals surface area contributed by atoms with Gasteiger partial charge in [0, 0.05) is 58.4 Å². The molecular formula is C18H29IN6O. The van der Waals surface area contributed by atoms with Crippen molar-refractivity contribution in [3.8, 4) is 0 Å². The number of nitrogens with zero attached hydrogens (tertiary/aromatic N) is 3. The predicted octanol–water partition coefficient (Wildman–Crippen LogP) is 2.31. The highest BCUT2D eigenvalue weighted by molar-refractivity contribution is 14.0. The molecule has 0 aliphatic rings. The highest BCUT2D eigenvalue weighted by atomic mass is 127. The summed E-state index contributed by atoms with van der Waals surface area (Å²) in [6.07, 6.45) is 4.76. The molecule has 0 aliphatic carbocycles. The summed E-state index contributed by atoms with van der Waals surface area (Å²) in [5.74, 6) is 0.808. The Balaban J connectivity index is 0.00000338. The zero-order chi connectivity index (χ0) is 17.7. The Morgan fingerprint density at radius 1 is 1.19 bits per heavy atom. The first-order valence-electron chi connectivity index (χ1n) is 8.55. The molecule has 0 saturated heterocycles. The molecule has 8 heteroatoms. The van der Waals surface area contributed by atoms with Gasteiger partial charge in [-0.1, -0.05) is 12.1 Å². The molecule has 0 unspecified atom stereocenters. The maximum Gasteiger partial charge on any atom is 0.191 e. The van der Waals surface area contributed by atoms with Gasteiger partial charge in [-0.05, 0) is 30.2 Å². The van der Waals surface area contributed by atoms with Crippen molar-refractivity contribution in [2.24, 2.45) is 4.99 Å². The van der Waals surface area contributed by atoms with Gasteiger partial charge in [0.2, 0.25) is 0 Å². The molecule has 0 spiro atoms. The van der Waals surface area contributed by atoms with E-state index in [4.69, 9.17) is 4.74 Å². The number of anilines is 1. The predicted molar refractivity (Wildman–Crippen MR) is 117 cm³/mol. The number of nitrogens with one attached hydrogen (secondary N) is 3. The summed E-state index contributed by atoms with van der Waals surface area (Å²) >= 11 is 0. The zero-order valence-corrected chi connectivity index (χ0v) is 17.8. The summed E-state index contributed by atoms with van der Waals surface area (Å²) in [5.41, 5.74) is 2.30. The second-order valence-electron chi connectivity index (χ2n) is 5.59. The maximum atomic E-state index is 5.03. The molecule has 3 N–H and O–H groups in total. The number of methoxy groups -OCH3 is 1. The van der Waals surface area contributed by atoms with Gasteiger partial charge in [-0.2, -0.15) is 5.10 Å². The summed E-state index contributed by atoms with van der Waals surface area (Å²) in [5, 5.41) is 14.1. The fraction of sp³-hybridized carbons (Fsp3) is 0.444. The molecule has 1 aromatic carbocycles. The van der Waals surface area contributed by atoms with E-state index in [9.17, 15) is 0 Å². The van der Waals surface area contributed by atoms with Gasteiger partial charge in [0.1, 0.15) is 0 Å². The van der Waals surface area contributed by atoms with Crippen LogP contribution in [-0.4, -0.2) is 49.6 Å². The number of aliphatic imine (C=N–C) groups is 1. The zero-order valence-electron chi connectivity index (χ0n) is 15.4. The molecule has 26 heavy (non-hydrogen) atoms. The number of aromatic nitrogens is 2. The minimum Gasteiger partial charge on any atom is -0.383 e. The Bertz CT molecular complexity index is 615. The molecule has 2 aromatic rings. The number of hydrogen-bond donors (Lipinski definition) is 3. The first kappa shape index (κ1) is 22.2. The van der Waals surface area contributed by atoms with Crippen LogP contribution in [0, 0.1) is 0 Å². The molecular weight excluding hydrogens is 443 g/mol. The number of hydrogen-bond acceptors (Lipinski definition) is 4. The number of guanidine groups is 1. The third kappa shape index (κ3) is 8.52. The summed E-state index contributed by atoms with van der Waals surface area (Å²) in [6.45, 7) is 3.99. The number of rotatable bonds is 10. The van der Waals surface area contributed by atoms with Crippen molar-refractivity contribution in [1.82, 2.24) is 20.4 Å². The summed E-state index contributed by atoms with van der Waals surface area (Å²) in [4.78, 5) is 4.25. The second-order valence-corrected chi connectivity index (χ2v) is 5.59. The molecule has 0 fully saturated rings. The van der Waals surface area contributed by atoms with Gasteiger partial charge in [-0.15, -0.1) is 24.0 Å². The first-order valence-corrected chi connectivity index (χ1v) is 8.55. The van der Waals surface area contributed by atoms with Gasteiger partial charge in [-0.25, -0.2) is 0 Å². The lowest BCUT2D eigenvalue weighted by atomic mass is 10.2. The Hall–Kier alpha value is -1.81. The van der Waals surface area contributed by atoms with E-state index in [0.29, 0.717) is 6.61 Å². The molecule has 2 rings (SSSR count). The van der Waals surface area contributed by atoms with E-state index in [-0.39, 0.29) is 24.0 Å². The van der Waals surface area contributed by atoms with E-state index in [0.717, 1.165) is 44.2 Å². The van der Waals surface area contributed by atoms with Crippen LogP contribution in [0.3, 0.4) is 0 Å². The highest BCUT2D eigenvalue weighted by Gasteiger charge is 1.99. The van der Waals surface area contributed by atoms with E-state index >= 15 is 0 Å². The van der Waals surface area contributed by atoms with Crippen LogP contribution < -0.4 is 16.0 Å². The fourth-order valence-corrected chi connectivity index (χ4v) is 2.32. The molecule has 0 radical (unpaired) electrons. The van der Waals surface area contributed by atoms with E-state index in [1.165, 1.54) is 5.56 Å². The summed E-state index contributed by atoms with van der Waals surface area (Å²) < 4.78 is 6.96. The monoisotopic (exact) mass is 472 g/mol. The van der Waals surface area contributed by atoms with Crippen molar-refractivity contribution in [3.05, 3.63) is 48.3 Å². The van der Waals surface area contributed by atoms with E-state index < -0.39 is 0 Å². The SMILES string of the molecule is CN=C(NCCCn1cccn1)NCc1ccc(NCCOC)cc1.I. The minimum absolute atomic E-state index is 0. The third-order valence-corrected chi connectivity index (χ3v) is 3.69. The topological polar surface area (TPSA) is 75.5 Å². The van der Waals surface area contributed by atoms with Crippen molar-refractivity contribution >= 4 is 35.6 Å². The summed E-state index contributed by atoms with van der Waals surface area (Å²) in [6, 6.07) is 10.3. The van der Waals surface area contributed by atoms with E-state index in [1.807, 2.05) is 16.9 Å². The fourth-order valence-electron chi connectivity index (χ4n) is 2.32. The smallest absolute Gasteiger partial charge is 0.191 e. The molecule has 0 amide bonds. The van der Waals surface area contributed by atoms with Gasteiger partial charge in [0.25, 0.3) is 0 Å². The Morgan fingerprint density at radius 2 is 2.00 bits per heavy atom. The van der Waals surface area contributed by atoms with Crippen LogP contribution in [0.5, 0.6) is 0 Å². The molecule has 0 saturated carbocycles. The number of benzene rings is 1. The quantitative estimate of drug-likeness (QED) is 0.214. The normalized spacial score (nSPS) is 10.9. The molecule has 1 aromatic heterocycles. The lowest BCUT2D eigenvalue weighted by Crippen LogP contribution is -2.37. The van der Waals surface area contributed by atoms with Crippen LogP contribution in [0.25, 0.3) is 0 Å². The lowest BCUT2D eigenvalue weighted by molar-refractivity contribution is 0.211. The van der Waals surface area contributed by atoms with Gasteiger partial charge < -0.3 is 20.7 Å². The number of aryl methyl sites for hydroxylation is 1. The van der Waals surface area contributed by atoms with Crippen molar-refractivity contribution in [1.29, 1.82) is 0 Å².